The zero-order valence-electron chi connectivity index (χ0n) is 11.1. The largest absolute Gasteiger partial charge is 0.294 e. The standard InChI is InChI=1S/C13H14Cl4N2O/c1-3-4-5-11(20)13(16,17)19-18-12-8(2)6-9(14)7-10(12)15/h6-7H,3-5H2,1-2H3/b19-18+. The van der Waals surface area contributed by atoms with Crippen molar-refractivity contribution in [2.75, 3.05) is 0 Å². The number of carbonyl (C=O) groups excluding carboxylic acids is 1. The lowest BCUT2D eigenvalue weighted by Gasteiger charge is -2.11. The Morgan fingerprint density at radius 1 is 1.30 bits per heavy atom. The molecule has 0 spiro atoms. The molecule has 110 valence electrons. The molecule has 0 aliphatic carbocycles. The Balaban J connectivity index is 2.94. The summed E-state index contributed by atoms with van der Waals surface area (Å²) in [4.78, 5) is 11.8. The van der Waals surface area contributed by atoms with Crippen molar-refractivity contribution in [3.8, 4) is 0 Å². The highest BCUT2D eigenvalue weighted by atomic mass is 35.5. The van der Waals surface area contributed by atoms with Crippen molar-refractivity contribution < 1.29 is 4.79 Å². The molecule has 0 radical (unpaired) electrons. The van der Waals surface area contributed by atoms with E-state index < -0.39 is 4.46 Å². The van der Waals surface area contributed by atoms with Gasteiger partial charge >= 0.3 is 0 Å². The number of unbranched alkanes of at least 4 members (excludes halogenated alkanes) is 1. The molecule has 1 aromatic carbocycles. The molecule has 0 N–H and O–H groups in total. The first-order chi connectivity index (χ1) is 9.27. The molecule has 7 heteroatoms. The van der Waals surface area contributed by atoms with E-state index in [1.54, 1.807) is 13.0 Å². The smallest absolute Gasteiger partial charge is 0.286 e. The van der Waals surface area contributed by atoms with E-state index in [2.05, 4.69) is 10.2 Å². The van der Waals surface area contributed by atoms with Gasteiger partial charge in [0, 0.05) is 11.4 Å². The number of Topliss-reactive ketones (excluding diaryl/α,β-unsaturated/α-hetero) is 1. The van der Waals surface area contributed by atoms with Gasteiger partial charge in [-0.05, 0) is 31.0 Å². The Morgan fingerprint density at radius 3 is 2.50 bits per heavy atom. The minimum absolute atomic E-state index is 0.260. The van der Waals surface area contributed by atoms with Crippen LogP contribution in [0.3, 0.4) is 0 Å². The van der Waals surface area contributed by atoms with Crippen molar-refractivity contribution in [3.05, 3.63) is 27.7 Å². The second-order valence-corrected chi connectivity index (χ2v) is 6.45. The summed E-state index contributed by atoms with van der Waals surface area (Å²) < 4.78 is -1.88. The van der Waals surface area contributed by atoms with Crippen LogP contribution >= 0.6 is 46.4 Å². The van der Waals surface area contributed by atoms with Gasteiger partial charge < -0.3 is 0 Å². The number of halogens is 4. The van der Waals surface area contributed by atoms with E-state index in [4.69, 9.17) is 46.4 Å². The minimum Gasteiger partial charge on any atom is -0.294 e. The Bertz CT molecular complexity index is 506. The third-order valence-corrected chi connectivity index (χ3v) is 3.67. The maximum absolute atomic E-state index is 11.8. The number of rotatable bonds is 6. The van der Waals surface area contributed by atoms with Gasteiger partial charge in [-0.1, -0.05) is 59.7 Å². The predicted molar refractivity (Wildman–Crippen MR) is 84.7 cm³/mol. The second-order valence-electron chi connectivity index (χ2n) is 4.32. The minimum atomic E-state index is -1.88. The van der Waals surface area contributed by atoms with Crippen LogP contribution in [0, 0.1) is 6.92 Å². The molecule has 3 nitrogen and oxygen atoms in total. The number of ketones is 1. The van der Waals surface area contributed by atoms with Crippen molar-refractivity contribution in [2.45, 2.75) is 37.6 Å². The highest BCUT2D eigenvalue weighted by Gasteiger charge is 2.32. The van der Waals surface area contributed by atoms with Crippen LogP contribution in [0.2, 0.25) is 10.0 Å². The molecule has 1 aromatic rings. The van der Waals surface area contributed by atoms with E-state index in [0.717, 1.165) is 12.0 Å². The lowest BCUT2D eigenvalue weighted by atomic mass is 10.2. The lowest BCUT2D eigenvalue weighted by Crippen LogP contribution is -2.22. The van der Waals surface area contributed by atoms with Crippen molar-refractivity contribution in [1.29, 1.82) is 0 Å². The molecule has 0 unspecified atom stereocenters. The number of aryl methyl sites for hydroxylation is 1. The van der Waals surface area contributed by atoms with Crippen LogP contribution in [0.5, 0.6) is 0 Å². The molecule has 0 aliphatic rings. The topological polar surface area (TPSA) is 41.8 Å². The van der Waals surface area contributed by atoms with Crippen molar-refractivity contribution in [3.63, 3.8) is 0 Å². The summed E-state index contributed by atoms with van der Waals surface area (Å²) in [5, 5.41) is 8.42. The van der Waals surface area contributed by atoms with E-state index >= 15 is 0 Å². The van der Waals surface area contributed by atoms with Crippen LogP contribution in [0.25, 0.3) is 0 Å². The van der Waals surface area contributed by atoms with E-state index in [9.17, 15) is 4.79 Å². The van der Waals surface area contributed by atoms with E-state index in [1.807, 2.05) is 6.92 Å². The van der Waals surface area contributed by atoms with Gasteiger partial charge in [0.2, 0.25) is 0 Å². The zero-order chi connectivity index (χ0) is 15.3. The predicted octanol–water partition coefficient (Wildman–Crippen LogP) is 6.28. The summed E-state index contributed by atoms with van der Waals surface area (Å²) >= 11 is 23.7. The summed E-state index contributed by atoms with van der Waals surface area (Å²) in [5.41, 5.74) is 1.11. The van der Waals surface area contributed by atoms with Gasteiger partial charge in [-0.3, -0.25) is 4.79 Å². The van der Waals surface area contributed by atoms with Crippen LogP contribution < -0.4 is 0 Å². The average Bonchev–Trinajstić information content (AvgIpc) is 2.34. The third kappa shape index (κ3) is 4.88. The number of hydrogen-bond acceptors (Lipinski definition) is 3. The Kier molecular flexibility index (Phi) is 6.73. The number of benzene rings is 1. The molecule has 1 rings (SSSR count). The maximum Gasteiger partial charge on any atom is 0.286 e. The Labute approximate surface area is 138 Å². The molecule has 0 fully saturated rings. The molecule has 0 saturated carbocycles. The van der Waals surface area contributed by atoms with Crippen LogP contribution in [0.1, 0.15) is 31.7 Å². The molecule has 0 bridgehead atoms. The highest BCUT2D eigenvalue weighted by molar-refractivity contribution is 6.58. The van der Waals surface area contributed by atoms with Gasteiger partial charge in [-0.15, -0.1) is 5.11 Å². The number of hydrogen-bond donors (Lipinski definition) is 0. The number of azo groups is 1. The second kappa shape index (κ2) is 7.60. The fourth-order valence-electron chi connectivity index (χ4n) is 1.48. The first kappa shape index (κ1) is 17.7. The Morgan fingerprint density at radius 2 is 1.95 bits per heavy atom. The quantitative estimate of drug-likeness (QED) is 0.336. The fourth-order valence-corrected chi connectivity index (χ4v) is 2.38. The third-order valence-electron chi connectivity index (χ3n) is 2.59. The summed E-state index contributed by atoms with van der Waals surface area (Å²) in [5.74, 6) is -0.380. The summed E-state index contributed by atoms with van der Waals surface area (Å²) in [6.07, 6.45) is 1.83. The zero-order valence-corrected chi connectivity index (χ0v) is 14.1. The van der Waals surface area contributed by atoms with E-state index in [1.165, 1.54) is 6.07 Å². The van der Waals surface area contributed by atoms with Crippen LogP contribution in [0.4, 0.5) is 5.69 Å². The van der Waals surface area contributed by atoms with E-state index in [0.29, 0.717) is 22.2 Å². The Hall–Kier alpha value is -0.350. The number of nitrogens with zero attached hydrogens (tertiary/aromatic N) is 2. The van der Waals surface area contributed by atoms with Crippen LogP contribution in [-0.4, -0.2) is 10.2 Å². The summed E-state index contributed by atoms with van der Waals surface area (Å²) in [7, 11) is 0. The normalized spacial score (nSPS) is 12.1. The SMILES string of the molecule is CCCCC(=O)C(Cl)(Cl)/N=N/c1c(C)cc(Cl)cc1Cl. The summed E-state index contributed by atoms with van der Waals surface area (Å²) in [6.45, 7) is 3.74. The van der Waals surface area contributed by atoms with Crippen LogP contribution in [-0.2, 0) is 4.79 Å². The van der Waals surface area contributed by atoms with Crippen molar-refractivity contribution in [1.82, 2.24) is 0 Å². The lowest BCUT2D eigenvalue weighted by molar-refractivity contribution is -0.119. The fraction of sp³-hybridized carbons (Fsp3) is 0.462. The van der Waals surface area contributed by atoms with Crippen molar-refractivity contribution in [2.24, 2.45) is 10.2 Å². The first-order valence-electron chi connectivity index (χ1n) is 6.07. The van der Waals surface area contributed by atoms with Gasteiger partial charge in [0.25, 0.3) is 4.46 Å². The van der Waals surface area contributed by atoms with Gasteiger partial charge in [0.1, 0.15) is 5.69 Å². The molecular weight excluding hydrogens is 342 g/mol. The molecule has 0 heterocycles. The van der Waals surface area contributed by atoms with Gasteiger partial charge in [-0.25, -0.2) is 0 Å². The molecule has 0 amide bonds. The average molecular weight is 356 g/mol. The summed E-state index contributed by atoms with van der Waals surface area (Å²) in [6, 6.07) is 3.22. The van der Waals surface area contributed by atoms with Crippen molar-refractivity contribution >= 4 is 57.9 Å². The molecule has 20 heavy (non-hydrogen) atoms. The molecule has 0 aromatic heterocycles. The number of alkyl halides is 2. The highest BCUT2D eigenvalue weighted by Crippen LogP contribution is 2.35. The molecule has 0 saturated heterocycles. The van der Waals surface area contributed by atoms with Gasteiger partial charge in [-0.2, -0.15) is 5.11 Å². The monoisotopic (exact) mass is 354 g/mol. The maximum atomic E-state index is 11.8. The number of carbonyl (C=O) groups is 1. The van der Waals surface area contributed by atoms with Gasteiger partial charge in [0.15, 0.2) is 5.78 Å². The van der Waals surface area contributed by atoms with E-state index in [-0.39, 0.29) is 12.2 Å². The molecule has 0 aliphatic heterocycles. The van der Waals surface area contributed by atoms with Gasteiger partial charge in [0.05, 0.1) is 5.02 Å². The first-order valence-corrected chi connectivity index (χ1v) is 7.58. The molecule has 0 atom stereocenters. The van der Waals surface area contributed by atoms with Crippen LogP contribution in [0.15, 0.2) is 22.4 Å². The molecular formula is C13H14Cl4N2O.